The van der Waals surface area contributed by atoms with Gasteiger partial charge in [-0.2, -0.15) is 5.26 Å². The second-order valence-electron chi connectivity index (χ2n) is 5.57. The summed E-state index contributed by atoms with van der Waals surface area (Å²) in [6.07, 6.45) is 6.86. The number of carbonyl (C=O) groups is 1. The zero-order valence-corrected chi connectivity index (χ0v) is 15.4. The Morgan fingerprint density at radius 3 is 2.67 bits per heavy atom. The third kappa shape index (κ3) is 3.78. The summed E-state index contributed by atoms with van der Waals surface area (Å²) in [4.78, 5) is 25.6. The van der Waals surface area contributed by atoms with Gasteiger partial charge in [-0.1, -0.05) is 42.5 Å². The van der Waals surface area contributed by atoms with Gasteiger partial charge in [0.2, 0.25) is 0 Å². The fourth-order valence-corrected chi connectivity index (χ4v) is 3.46. The maximum absolute atomic E-state index is 12.7. The van der Waals surface area contributed by atoms with Crippen molar-refractivity contribution in [1.82, 2.24) is 4.40 Å². The zero-order chi connectivity index (χ0) is 19.2. The highest BCUT2D eigenvalue weighted by atomic mass is 32.2. The molecule has 0 aliphatic carbocycles. The Morgan fingerprint density at radius 2 is 1.96 bits per heavy atom. The molecular weight excluding hydrogens is 360 g/mol. The maximum atomic E-state index is 12.7. The summed E-state index contributed by atoms with van der Waals surface area (Å²) in [6.45, 7) is 0.0849. The highest BCUT2D eigenvalue weighted by Gasteiger charge is 2.23. The number of thioether (sulfide) groups is 1. The molecule has 0 N–H and O–H groups in total. The van der Waals surface area contributed by atoms with Gasteiger partial charge in [-0.05, 0) is 30.0 Å². The molecule has 0 aliphatic heterocycles. The number of benzene rings is 1. The molecule has 3 aromatic rings. The average molecular weight is 376 g/mol. The number of rotatable bonds is 5. The van der Waals surface area contributed by atoms with Gasteiger partial charge in [-0.15, -0.1) is 11.8 Å². The molecule has 5 nitrogen and oxygen atoms in total. The van der Waals surface area contributed by atoms with Gasteiger partial charge >= 0.3 is 5.97 Å². The van der Waals surface area contributed by atoms with Crippen molar-refractivity contribution in [3.63, 3.8) is 0 Å². The molecule has 3 rings (SSSR count). The van der Waals surface area contributed by atoms with E-state index in [0.29, 0.717) is 10.4 Å². The molecule has 0 fully saturated rings. The summed E-state index contributed by atoms with van der Waals surface area (Å²) in [5.74, 6) is -0.572. The lowest BCUT2D eigenvalue weighted by Crippen LogP contribution is -2.22. The molecule has 2 heterocycles. The number of esters is 1. The maximum Gasteiger partial charge on any atom is 0.341 e. The second-order valence-corrected chi connectivity index (χ2v) is 6.38. The SMILES string of the molecule is CSc1c(C#N)c(=O)n2ccccc2c1C(=O)OC/C=C/c1ccccc1. The van der Waals surface area contributed by atoms with E-state index in [9.17, 15) is 14.9 Å². The van der Waals surface area contributed by atoms with Crippen LogP contribution >= 0.6 is 11.8 Å². The van der Waals surface area contributed by atoms with Gasteiger partial charge in [0, 0.05) is 11.1 Å². The van der Waals surface area contributed by atoms with E-state index >= 15 is 0 Å². The zero-order valence-electron chi connectivity index (χ0n) is 14.6. The molecule has 1 aromatic carbocycles. The minimum absolute atomic E-state index is 0.0574. The molecule has 6 heteroatoms. The third-order valence-electron chi connectivity index (χ3n) is 3.94. The van der Waals surface area contributed by atoms with Crippen molar-refractivity contribution in [1.29, 1.82) is 5.26 Å². The highest BCUT2D eigenvalue weighted by molar-refractivity contribution is 7.98. The van der Waals surface area contributed by atoms with Crippen LogP contribution in [0.4, 0.5) is 0 Å². The molecule has 0 aliphatic rings. The Morgan fingerprint density at radius 1 is 1.22 bits per heavy atom. The Balaban J connectivity index is 1.94. The minimum Gasteiger partial charge on any atom is -0.458 e. The van der Waals surface area contributed by atoms with Crippen LogP contribution in [0.2, 0.25) is 0 Å². The smallest absolute Gasteiger partial charge is 0.341 e. The Hall–Kier alpha value is -3.30. The van der Waals surface area contributed by atoms with Gasteiger partial charge in [0.25, 0.3) is 5.56 Å². The van der Waals surface area contributed by atoms with Crippen molar-refractivity contribution < 1.29 is 9.53 Å². The van der Waals surface area contributed by atoms with E-state index in [0.717, 1.165) is 5.56 Å². The number of hydrogen-bond donors (Lipinski definition) is 0. The van der Waals surface area contributed by atoms with Crippen molar-refractivity contribution in [3.05, 3.63) is 87.8 Å². The van der Waals surface area contributed by atoms with Gasteiger partial charge in [0.15, 0.2) is 0 Å². The van der Waals surface area contributed by atoms with E-state index in [4.69, 9.17) is 4.74 Å². The van der Waals surface area contributed by atoms with Gasteiger partial charge < -0.3 is 4.74 Å². The first-order valence-corrected chi connectivity index (χ1v) is 9.40. The topological polar surface area (TPSA) is 71.6 Å². The lowest BCUT2D eigenvalue weighted by atomic mass is 10.1. The molecule has 2 aromatic heterocycles. The fourth-order valence-electron chi connectivity index (χ4n) is 2.73. The number of carbonyl (C=O) groups excluding carboxylic acids is 1. The second kappa shape index (κ2) is 8.39. The monoisotopic (exact) mass is 376 g/mol. The van der Waals surface area contributed by atoms with Gasteiger partial charge in [0.05, 0.1) is 11.1 Å². The summed E-state index contributed by atoms with van der Waals surface area (Å²) in [5.41, 5.74) is 1.15. The molecule has 0 amide bonds. The van der Waals surface area contributed by atoms with Crippen LogP contribution in [-0.4, -0.2) is 23.2 Å². The molecule has 0 saturated carbocycles. The first kappa shape index (κ1) is 18.5. The van der Waals surface area contributed by atoms with Crippen molar-refractivity contribution in [3.8, 4) is 6.07 Å². The molecular formula is C21H16N2O3S. The molecule has 0 unspecified atom stereocenters. The van der Waals surface area contributed by atoms with Crippen LogP contribution in [-0.2, 0) is 4.74 Å². The van der Waals surface area contributed by atoms with Crippen LogP contribution in [0, 0.1) is 11.3 Å². The van der Waals surface area contributed by atoms with Crippen molar-refractivity contribution >= 4 is 29.3 Å². The predicted molar refractivity (Wildman–Crippen MR) is 106 cm³/mol. The minimum atomic E-state index is -0.572. The Bertz CT molecular complexity index is 1110. The summed E-state index contributed by atoms with van der Waals surface area (Å²) < 4.78 is 6.68. The quantitative estimate of drug-likeness (QED) is 0.501. The highest BCUT2D eigenvalue weighted by Crippen LogP contribution is 2.27. The van der Waals surface area contributed by atoms with E-state index in [2.05, 4.69) is 0 Å². The van der Waals surface area contributed by atoms with Gasteiger partial charge in [-0.3, -0.25) is 9.20 Å². The van der Waals surface area contributed by atoms with Crippen LogP contribution in [0.15, 0.2) is 70.5 Å². The largest absolute Gasteiger partial charge is 0.458 e. The predicted octanol–water partition coefficient (Wildman–Crippen LogP) is 3.76. The normalized spacial score (nSPS) is 10.8. The molecule has 0 atom stereocenters. The third-order valence-corrected chi connectivity index (χ3v) is 4.76. The van der Waals surface area contributed by atoms with Crippen LogP contribution in [0.5, 0.6) is 0 Å². The number of hydrogen-bond acceptors (Lipinski definition) is 5. The first-order valence-electron chi connectivity index (χ1n) is 8.17. The molecule has 0 radical (unpaired) electrons. The summed E-state index contributed by atoms with van der Waals surface area (Å²) >= 11 is 1.19. The molecule has 0 saturated heterocycles. The van der Waals surface area contributed by atoms with E-state index < -0.39 is 11.5 Å². The summed E-state index contributed by atoms with van der Waals surface area (Å²) in [5, 5.41) is 9.40. The number of aromatic nitrogens is 1. The average Bonchev–Trinajstić information content (AvgIpc) is 2.71. The van der Waals surface area contributed by atoms with Crippen LogP contribution in [0.3, 0.4) is 0 Å². The van der Waals surface area contributed by atoms with Gasteiger partial charge in [-0.25, -0.2) is 4.79 Å². The fraction of sp³-hybridized carbons (Fsp3) is 0.0952. The lowest BCUT2D eigenvalue weighted by molar-refractivity contribution is 0.0548. The number of ether oxygens (including phenoxy) is 1. The number of pyridine rings is 2. The Labute approximate surface area is 160 Å². The number of nitriles is 1. The van der Waals surface area contributed by atoms with E-state index in [1.807, 2.05) is 42.5 Å². The van der Waals surface area contributed by atoms with Gasteiger partial charge in [0.1, 0.15) is 18.2 Å². The van der Waals surface area contributed by atoms with Crippen LogP contribution < -0.4 is 5.56 Å². The van der Waals surface area contributed by atoms with Crippen LogP contribution in [0.1, 0.15) is 21.5 Å². The standard InChI is InChI=1S/C21H16N2O3S/c1-27-19-16(14-22)20(24)23-12-6-5-11-17(23)18(19)21(25)26-13-7-10-15-8-3-2-4-9-15/h2-12H,13H2,1H3/b10-7+. The van der Waals surface area contributed by atoms with Crippen molar-refractivity contribution in [2.45, 2.75) is 4.90 Å². The lowest BCUT2D eigenvalue weighted by Gasteiger charge is -2.12. The van der Waals surface area contributed by atoms with E-state index in [1.54, 1.807) is 30.5 Å². The summed E-state index contributed by atoms with van der Waals surface area (Å²) in [7, 11) is 0. The van der Waals surface area contributed by atoms with Crippen LogP contribution in [0.25, 0.3) is 11.6 Å². The Kier molecular flexibility index (Phi) is 5.74. The number of fused-ring (bicyclic) bond motifs is 1. The molecule has 134 valence electrons. The molecule has 0 bridgehead atoms. The molecule has 0 spiro atoms. The first-order chi connectivity index (χ1) is 13.2. The van der Waals surface area contributed by atoms with E-state index in [1.165, 1.54) is 22.4 Å². The molecule has 27 heavy (non-hydrogen) atoms. The summed E-state index contributed by atoms with van der Waals surface area (Å²) in [6, 6.07) is 16.7. The van der Waals surface area contributed by atoms with Crippen molar-refractivity contribution in [2.24, 2.45) is 0 Å². The van der Waals surface area contributed by atoms with Crippen molar-refractivity contribution in [2.75, 3.05) is 12.9 Å². The number of nitrogens with zero attached hydrogens (tertiary/aromatic N) is 2. The van der Waals surface area contributed by atoms with E-state index in [-0.39, 0.29) is 17.7 Å².